The van der Waals surface area contributed by atoms with Gasteiger partial charge in [0, 0.05) is 24.2 Å². The maximum Gasteiger partial charge on any atom is 0.224 e. The number of nitrogens with one attached hydrogen (secondary N) is 1. The van der Waals surface area contributed by atoms with Crippen molar-refractivity contribution in [3.05, 3.63) is 66.2 Å². The van der Waals surface area contributed by atoms with Crippen molar-refractivity contribution >= 4 is 28.6 Å². The summed E-state index contributed by atoms with van der Waals surface area (Å²) in [5.41, 5.74) is 7.31. The number of amides is 1. The van der Waals surface area contributed by atoms with Gasteiger partial charge in [-0.3, -0.25) is 4.79 Å². The Bertz CT molecular complexity index is 1520. The highest BCUT2D eigenvalue weighted by Crippen LogP contribution is 2.29. The number of aliphatic hydroxyl groups is 1. The van der Waals surface area contributed by atoms with Crippen molar-refractivity contribution in [3.8, 4) is 23.2 Å². The van der Waals surface area contributed by atoms with Crippen molar-refractivity contribution in [1.29, 1.82) is 0 Å². The van der Waals surface area contributed by atoms with Gasteiger partial charge in [-0.15, -0.1) is 0 Å². The second-order valence-electron chi connectivity index (χ2n) is 9.56. The summed E-state index contributed by atoms with van der Waals surface area (Å²) in [5.74, 6) is 6.14. The molecule has 1 saturated carbocycles. The first-order valence-electron chi connectivity index (χ1n) is 12.8. The number of para-hydroxylation sites is 1. The molecule has 0 radical (unpaired) electrons. The smallest absolute Gasteiger partial charge is 0.224 e. The monoisotopic (exact) mass is 512 g/mol. The van der Waals surface area contributed by atoms with Crippen molar-refractivity contribution in [1.82, 2.24) is 19.5 Å². The van der Waals surface area contributed by atoms with Crippen LogP contribution in [-0.4, -0.2) is 36.1 Å². The highest BCUT2D eigenvalue weighted by molar-refractivity contribution is 5.90. The third kappa shape index (κ3) is 5.82. The van der Waals surface area contributed by atoms with Crippen molar-refractivity contribution in [2.75, 3.05) is 11.1 Å². The van der Waals surface area contributed by atoms with E-state index in [1.54, 1.807) is 12.1 Å². The molecule has 1 aliphatic carbocycles. The fourth-order valence-corrected chi connectivity index (χ4v) is 4.71. The fourth-order valence-electron chi connectivity index (χ4n) is 4.71. The van der Waals surface area contributed by atoms with Gasteiger partial charge in [0.15, 0.2) is 17.0 Å². The number of aryl methyl sites for hydroxylation is 1. The molecule has 5 rings (SSSR count). The standard InChI is InChI=1S/C29H29FN6O2/c30-21-10-7-9-20(19-21)27-35-25-26(31)33-23(14-17-29(38)15-5-2-6-16-29)34-28(25)36(27)18-8-13-24(37)32-22-11-3-1-4-12-22/h1,3-4,7,9-12,19,38H,2,5-6,8,13,15-16,18H2,(H,32,37)(H2,31,33,34). The summed E-state index contributed by atoms with van der Waals surface area (Å²) in [6.07, 6.45) is 4.91. The minimum absolute atomic E-state index is 0.116. The Morgan fingerprint density at radius 1 is 1.08 bits per heavy atom. The van der Waals surface area contributed by atoms with Gasteiger partial charge in [-0.25, -0.2) is 19.3 Å². The number of anilines is 2. The second kappa shape index (κ2) is 11.0. The molecular weight excluding hydrogens is 483 g/mol. The first-order valence-corrected chi connectivity index (χ1v) is 12.8. The molecule has 4 N–H and O–H groups in total. The van der Waals surface area contributed by atoms with Gasteiger partial charge in [-0.05, 0) is 62.3 Å². The zero-order valence-electron chi connectivity index (χ0n) is 21.0. The van der Waals surface area contributed by atoms with Gasteiger partial charge in [0.05, 0.1) is 0 Å². The summed E-state index contributed by atoms with van der Waals surface area (Å²) < 4.78 is 15.9. The van der Waals surface area contributed by atoms with Crippen LogP contribution in [0.2, 0.25) is 0 Å². The lowest BCUT2D eigenvalue weighted by atomic mass is 9.85. The Kier molecular flexibility index (Phi) is 7.33. The summed E-state index contributed by atoms with van der Waals surface area (Å²) in [4.78, 5) is 26.1. The molecule has 1 fully saturated rings. The van der Waals surface area contributed by atoms with Crippen LogP contribution in [0, 0.1) is 17.7 Å². The molecule has 2 aromatic carbocycles. The van der Waals surface area contributed by atoms with E-state index in [1.165, 1.54) is 12.1 Å². The summed E-state index contributed by atoms with van der Waals surface area (Å²) in [5, 5.41) is 13.7. The predicted molar refractivity (Wildman–Crippen MR) is 144 cm³/mol. The first-order chi connectivity index (χ1) is 18.4. The number of nitrogen functional groups attached to an aromatic ring is 1. The van der Waals surface area contributed by atoms with E-state index in [9.17, 15) is 14.3 Å². The Morgan fingerprint density at radius 2 is 1.87 bits per heavy atom. The molecule has 38 heavy (non-hydrogen) atoms. The highest BCUT2D eigenvalue weighted by Gasteiger charge is 2.27. The van der Waals surface area contributed by atoms with Crippen molar-refractivity contribution in [2.45, 2.75) is 57.1 Å². The topological polar surface area (TPSA) is 119 Å². The summed E-state index contributed by atoms with van der Waals surface area (Å²) >= 11 is 0. The molecule has 9 heteroatoms. The minimum atomic E-state index is -1.05. The average molecular weight is 513 g/mol. The number of imidazole rings is 1. The number of aromatic nitrogens is 4. The van der Waals surface area contributed by atoms with E-state index in [-0.39, 0.29) is 24.0 Å². The lowest BCUT2D eigenvalue weighted by Crippen LogP contribution is -2.29. The summed E-state index contributed by atoms with van der Waals surface area (Å²) in [6.45, 7) is 0.387. The largest absolute Gasteiger partial charge is 0.382 e. The zero-order chi connectivity index (χ0) is 26.5. The third-order valence-corrected chi connectivity index (χ3v) is 6.64. The minimum Gasteiger partial charge on any atom is -0.382 e. The maximum atomic E-state index is 14.1. The molecule has 2 aromatic heterocycles. The molecule has 0 spiro atoms. The van der Waals surface area contributed by atoms with E-state index in [0.29, 0.717) is 48.4 Å². The van der Waals surface area contributed by atoms with Crippen molar-refractivity contribution in [2.24, 2.45) is 0 Å². The number of benzene rings is 2. The highest BCUT2D eigenvalue weighted by atomic mass is 19.1. The zero-order valence-corrected chi connectivity index (χ0v) is 21.0. The Balaban J connectivity index is 1.46. The second-order valence-corrected chi connectivity index (χ2v) is 9.56. The number of carbonyl (C=O) groups excluding carboxylic acids is 1. The van der Waals surface area contributed by atoms with Gasteiger partial charge in [0.2, 0.25) is 11.7 Å². The van der Waals surface area contributed by atoms with E-state index in [1.807, 2.05) is 34.9 Å². The van der Waals surface area contributed by atoms with Crippen LogP contribution in [0.1, 0.15) is 50.8 Å². The number of nitrogens with two attached hydrogens (primary N) is 1. The Morgan fingerprint density at radius 3 is 2.63 bits per heavy atom. The molecule has 8 nitrogen and oxygen atoms in total. The number of halogens is 1. The number of hydrogen-bond acceptors (Lipinski definition) is 6. The Hall–Kier alpha value is -4.29. The van der Waals surface area contributed by atoms with E-state index >= 15 is 0 Å². The molecule has 0 atom stereocenters. The molecule has 0 saturated heterocycles. The SMILES string of the molecule is Nc1nc(C#CC2(O)CCCCC2)nc2c1nc(-c1cccc(F)c1)n2CCCC(=O)Nc1ccccc1. The molecule has 0 aliphatic heterocycles. The van der Waals surface area contributed by atoms with E-state index in [4.69, 9.17) is 5.73 Å². The van der Waals surface area contributed by atoms with E-state index in [2.05, 4.69) is 32.1 Å². The van der Waals surface area contributed by atoms with Crippen LogP contribution >= 0.6 is 0 Å². The number of hydrogen-bond donors (Lipinski definition) is 3. The number of fused-ring (bicyclic) bond motifs is 1. The number of rotatable bonds is 6. The third-order valence-electron chi connectivity index (χ3n) is 6.64. The van der Waals surface area contributed by atoms with Gasteiger partial charge in [-0.1, -0.05) is 42.7 Å². The molecule has 194 valence electrons. The normalized spacial score (nSPS) is 14.6. The van der Waals surface area contributed by atoms with Crippen LogP contribution in [0.3, 0.4) is 0 Å². The number of nitrogens with zero attached hydrogens (tertiary/aromatic N) is 4. The maximum absolute atomic E-state index is 14.1. The van der Waals surface area contributed by atoms with Gasteiger partial charge in [0.25, 0.3) is 0 Å². The van der Waals surface area contributed by atoms with Crippen LogP contribution in [0.15, 0.2) is 54.6 Å². The lowest BCUT2D eigenvalue weighted by Gasteiger charge is -2.26. The quantitative estimate of drug-likeness (QED) is 0.323. The van der Waals surface area contributed by atoms with E-state index < -0.39 is 11.4 Å². The fraction of sp³-hybridized carbons (Fsp3) is 0.310. The molecule has 1 aliphatic rings. The summed E-state index contributed by atoms with van der Waals surface area (Å²) in [6, 6.07) is 15.4. The van der Waals surface area contributed by atoms with Gasteiger partial charge >= 0.3 is 0 Å². The molecule has 2 heterocycles. The molecular formula is C29H29FN6O2. The van der Waals surface area contributed by atoms with Crippen LogP contribution < -0.4 is 11.1 Å². The van der Waals surface area contributed by atoms with Gasteiger partial charge < -0.3 is 20.7 Å². The van der Waals surface area contributed by atoms with E-state index in [0.717, 1.165) is 24.9 Å². The first kappa shape index (κ1) is 25.4. The molecule has 0 bridgehead atoms. The average Bonchev–Trinajstić information content (AvgIpc) is 3.28. The van der Waals surface area contributed by atoms with Gasteiger partial charge in [-0.2, -0.15) is 0 Å². The molecule has 1 amide bonds. The summed E-state index contributed by atoms with van der Waals surface area (Å²) in [7, 11) is 0. The molecule has 0 unspecified atom stereocenters. The van der Waals surface area contributed by atoms with Crippen LogP contribution in [0.5, 0.6) is 0 Å². The van der Waals surface area contributed by atoms with Crippen molar-refractivity contribution < 1.29 is 14.3 Å². The van der Waals surface area contributed by atoms with Crippen LogP contribution in [-0.2, 0) is 11.3 Å². The van der Waals surface area contributed by atoms with Crippen LogP contribution in [0.4, 0.5) is 15.9 Å². The van der Waals surface area contributed by atoms with Gasteiger partial charge in [0.1, 0.15) is 17.2 Å². The Labute approximate surface area is 220 Å². The van der Waals surface area contributed by atoms with Crippen LogP contribution in [0.25, 0.3) is 22.6 Å². The number of carbonyl (C=O) groups is 1. The lowest BCUT2D eigenvalue weighted by molar-refractivity contribution is -0.116. The van der Waals surface area contributed by atoms with Crippen molar-refractivity contribution in [3.63, 3.8) is 0 Å². The predicted octanol–water partition coefficient (Wildman–Crippen LogP) is 4.68. The molecule has 4 aromatic rings.